The molecule has 0 fully saturated rings. The molecule has 0 amide bonds. The SMILES string of the molecule is CCC(C)(C)c1noc(N)c1-c1ccncc1. The van der Waals surface area contributed by atoms with Gasteiger partial charge in [0.2, 0.25) is 5.88 Å². The molecule has 4 nitrogen and oxygen atoms in total. The Kier molecular flexibility index (Phi) is 2.88. The van der Waals surface area contributed by atoms with E-state index in [-0.39, 0.29) is 5.41 Å². The van der Waals surface area contributed by atoms with Crippen molar-refractivity contribution in [2.24, 2.45) is 0 Å². The fraction of sp³-hybridized carbons (Fsp3) is 0.385. The van der Waals surface area contributed by atoms with Crippen LogP contribution in [0.2, 0.25) is 0 Å². The Morgan fingerprint density at radius 3 is 2.53 bits per heavy atom. The van der Waals surface area contributed by atoms with E-state index in [1.165, 1.54) is 0 Å². The van der Waals surface area contributed by atoms with Crippen LogP contribution in [0, 0.1) is 0 Å². The Morgan fingerprint density at radius 1 is 1.29 bits per heavy atom. The molecule has 90 valence electrons. The fourth-order valence-electron chi connectivity index (χ4n) is 1.73. The van der Waals surface area contributed by atoms with Crippen LogP contribution in [-0.2, 0) is 5.41 Å². The van der Waals surface area contributed by atoms with E-state index < -0.39 is 0 Å². The highest BCUT2D eigenvalue weighted by molar-refractivity contribution is 5.75. The van der Waals surface area contributed by atoms with Crippen molar-refractivity contribution in [3.05, 3.63) is 30.2 Å². The Labute approximate surface area is 101 Å². The topological polar surface area (TPSA) is 64.9 Å². The molecule has 0 bridgehead atoms. The summed E-state index contributed by atoms with van der Waals surface area (Å²) < 4.78 is 5.15. The number of aromatic nitrogens is 2. The number of hydrogen-bond donors (Lipinski definition) is 1. The summed E-state index contributed by atoms with van der Waals surface area (Å²) in [7, 11) is 0. The molecule has 0 atom stereocenters. The lowest BCUT2D eigenvalue weighted by molar-refractivity contribution is 0.391. The van der Waals surface area contributed by atoms with Crippen molar-refractivity contribution < 1.29 is 4.52 Å². The Morgan fingerprint density at radius 2 is 1.94 bits per heavy atom. The molecule has 0 aromatic carbocycles. The molecule has 17 heavy (non-hydrogen) atoms. The molecule has 0 saturated heterocycles. The monoisotopic (exact) mass is 231 g/mol. The molecular formula is C13H17N3O. The lowest BCUT2D eigenvalue weighted by atomic mass is 9.83. The van der Waals surface area contributed by atoms with E-state index in [0.29, 0.717) is 5.88 Å². The van der Waals surface area contributed by atoms with Crippen molar-refractivity contribution in [2.45, 2.75) is 32.6 Å². The van der Waals surface area contributed by atoms with Crippen LogP contribution in [0.5, 0.6) is 0 Å². The highest BCUT2D eigenvalue weighted by atomic mass is 16.5. The third-order valence-electron chi connectivity index (χ3n) is 3.21. The van der Waals surface area contributed by atoms with Gasteiger partial charge in [-0.1, -0.05) is 25.9 Å². The van der Waals surface area contributed by atoms with Crippen LogP contribution in [0.15, 0.2) is 29.0 Å². The third-order valence-corrected chi connectivity index (χ3v) is 3.21. The highest BCUT2D eigenvalue weighted by Gasteiger charge is 2.28. The van der Waals surface area contributed by atoms with Gasteiger partial charge in [-0.15, -0.1) is 0 Å². The van der Waals surface area contributed by atoms with Crippen molar-refractivity contribution >= 4 is 5.88 Å². The maximum atomic E-state index is 5.88. The third kappa shape index (κ3) is 2.02. The largest absolute Gasteiger partial charge is 0.367 e. The zero-order valence-electron chi connectivity index (χ0n) is 10.4. The summed E-state index contributed by atoms with van der Waals surface area (Å²) in [5, 5.41) is 4.11. The Balaban J connectivity index is 2.59. The van der Waals surface area contributed by atoms with Gasteiger partial charge in [0.05, 0.1) is 11.3 Å². The van der Waals surface area contributed by atoms with E-state index in [1.54, 1.807) is 12.4 Å². The summed E-state index contributed by atoms with van der Waals surface area (Å²) in [6.07, 6.45) is 4.45. The smallest absolute Gasteiger partial charge is 0.230 e. The molecule has 0 spiro atoms. The lowest BCUT2D eigenvalue weighted by Crippen LogP contribution is -2.17. The molecule has 2 N–H and O–H groups in total. The number of nitrogens with two attached hydrogens (primary N) is 1. The Hall–Kier alpha value is -1.84. The standard InChI is InChI=1S/C13H17N3O/c1-4-13(2,3)11-10(12(14)17-16-11)9-5-7-15-8-6-9/h5-8H,4,14H2,1-3H3. The van der Waals surface area contributed by atoms with Crippen molar-refractivity contribution in [3.63, 3.8) is 0 Å². The van der Waals surface area contributed by atoms with Gasteiger partial charge in [0.1, 0.15) is 0 Å². The van der Waals surface area contributed by atoms with E-state index in [4.69, 9.17) is 10.3 Å². The number of hydrogen-bond acceptors (Lipinski definition) is 4. The quantitative estimate of drug-likeness (QED) is 0.881. The predicted octanol–water partition coefficient (Wildman–Crippen LogP) is 3.01. The minimum Gasteiger partial charge on any atom is -0.367 e. The number of anilines is 1. The molecule has 2 rings (SSSR count). The summed E-state index contributed by atoms with van der Waals surface area (Å²) in [5.74, 6) is 0.368. The van der Waals surface area contributed by atoms with Gasteiger partial charge in [-0.3, -0.25) is 4.98 Å². The summed E-state index contributed by atoms with van der Waals surface area (Å²) in [6, 6.07) is 3.83. The first-order chi connectivity index (χ1) is 8.06. The summed E-state index contributed by atoms with van der Waals surface area (Å²) in [5.41, 5.74) is 8.61. The first kappa shape index (κ1) is 11.6. The van der Waals surface area contributed by atoms with Crippen LogP contribution < -0.4 is 5.73 Å². The van der Waals surface area contributed by atoms with Crippen molar-refractivity contribution in [2.75, 3.05) is 5.73 Å². The number of rotatable bonds is 3. The Bertz CT molecular complexity index is 503. The highest BCUT2D eigenvalue weighted by Crippen LogP contribution is 2.37. The number of pyridine rings is 1. The summed E-state index contributed by atoms with van der Waals surface area (Å²) >= 11 is 0. The van der Waals surface area contributed by atoms with Crippen molar-refractivity contribution in [3.8, 4) is 11.1 Å². The first-order valence-electron chi connectivity index (χ1n) is 5.72. The molecule has 4 heteroatoms. The van der Waals surface area contributed by atoms with Crippen LogP contribution in [0.25, 0.3) is 11.1 Å². The second kappa shape index (κ2) is 4.20. The van der Waals surface area contributed by atoms with Crippen LogP contribution in [-0.4, -0.2) is 10.1 Å². The summed E-state index contributed by atoms with van der Waals surface area (Å²) in [4.78, 5) is 4.01. The molecule has 0 aliphatic rings. The predicted molar refractivity (Wildman–Crippen MR) is 67.5 cm³/mol. The van der Waals surface area contributed by atoms with Crippen LogP contribution in [0.4, 0.5) is 5.88 Å². The molecule has 2 aromatic rings. The number of nitrogen functional groups attached to an aromatic ring is 1. The summed E-state index contributed by atoms with van der Waals surface area (Å²) in [6.45, 7) is 6.39. The van der Waals surface area contributed by atoms with Gasteiger partial charge in [-0.25, -0.2) is 0 Å². The lowest BCUT2D eigenvalue weighted by Gasteiger charge is -2.20. The maximum Gasteiger partial charge on any atom is 0.230 e. The van der Waals surface area contributed by atoms with Gasteiger partial charge in [0.15, 0.2) is 0 Å². The minimum absolute atomic E-state index is 0.0558. The normalized spacial score (nSPS) is 11.7. The molecule has 0 unspecified atom stereocenters. The minimum atomic E-state index is -0.0558. The van der Waals surface area contributed by atoms with Gasteiger partial charge in [0, 0.05) is 17.8 Å². The van der Waals surface area contributed by atoms with E-state index in [2.05, 4.69) is 30.9 Å². The average molecular weight is 231 g/mol. The molecule has 0 radical (unpaired) electrons. The second-order valence-electron chi connectivity index (χ2n) is 4.74. The van der Waals surface area contributed by atoms with E-state index in [9.17, 15) is 0 Å². The maximum absolute atomic E-state index is 5.88. The van der Waals surface area contributed by atoms with Gasteiger partial charge in [0.25, 0.3) is 0 Å². The molecular weight excluding hydrogens is 214 g/mol. The van der Waals surface area contributed by atoms with E-state index >= 15 is 0 Å². The second-order valence-corrected chi connectivity index (χ2v) is 4.74. The fourth-order valence-corrected chi connectivity index (χ4v) is 1.73. The molecule has 0 saturated carbocycles. The van der Waals surface area contributed by atoms with Crippen LogP contribution in [0.3, 0.4) is 0 Å². The van der Waals surface area contributed by atoms with Gasteiger partial charge in [-0.2, -0.15) is 0 Å². The van der Waals surface area contributed by atoms with Gasteiger partial charge >= 0.3 is 0 Å². The first-order valence-corrected chi connectivity index (χ1v) is 5.72. The molecule has 0 aliphatic carbocycles. The van der Waals surface area contributed by atoms with Crippen molar-refractivity contribution in [1.82, 2.24) is 10.1 Å². The zero-order valence-corrected chi connectivity index (χ0v) is 10.4. The number of nitrogens with zero attached hydrogens (tertiary/aromatic N) is 2. The van der Waals surface area contributed by atoms with E-state index in [1.807, 2.05) is 12.1 Å². The van der Waals surface area contributed by atoms with Crippen LogP contribution >= 0.6 is 0 Å². The average Bonchev–Trinajstić information content (AvgIpc) is 2.73. The van der Waals surface area contributed by atoms with Gasteiger partial charge < -0.3 is 10.3 Å². The molecule has 2 aromatic heterocycles. The van der Waals surface area contributed by atoms with Gasteiger partial charge in [-0.05, 0) is 24.1 Å². The zero-order chi connectivity index (χ0) is 12.5. The van der Waals surface area contributed by atoms with Crippen molar-refractivity contribution in [1.29, 1.82) is 0 Å². The van der Waals surface area contributed by atoms with Crippen LogP contribution in [0.1, 0.15) is 32.9 Å². The molecule has 0 aliphatic heterocycles. The molecule has 2 heterocycles. The van der Waals surface area contributed by atoms with E-state index in [0.717, 1.165) is 23.2 Å².